The molecule has 0 unspecified atom stereocenters. The fourth-order valence-corrected chi connectivity index (χ4v) is 1.49. The van der Waals surface area contributed by atoms with Gasteiger partial charge in [-0.3, -0.25) is 0 Å². The van der Waals surface area contributed by atoms with Gasteiger partial charge in [0, 0.05) is 6.54 Å². The highest BCUT2D eigenvalue weighted by Crippen LogP contribution is 2.05. The maximum atomic E-state index is 10.9. The van der Waals surface area contributed by atoms with Gasteiger partial charge in [-0.05, 0) is 12.8 Å². The van der Waals surface area contributed by atoms with E-state index in [1.165, 1.54) is 32.1 Å². The molecule has 0 aliphatic heterocycles. The lowest BCUT2D eigenvalue weighted by atomic mass is 10.1. The lowest BCUT2D eigenvalue weighted by molar-refractivity contribution is 0.242. The van der Waals surface area contributed by atoms with Crippen LogP contribution in [-0.4, -0.2) is 19.2 Å². The summed E-state index contributed by atoms with van der Waals surface area (Å²) in [5.74, 6) is 0. The van der Waals surface area contributed by atoms with E-state index in [9.17, 15) is 4.79 Å². The largest absolute Gasteiger partial charge is 0.335 e. The van der Waals surface area contributed by atoms with E-state index in [1.54, 1.807) is 0 Å². The standard InChI is InChI=1S/C14H27N3O/c1-2-3-4-5-6-7-8-9-10-11-12-16-14(18)17-13-15/h8-11H,2-7,12-13,15H2,1H3,(H2,16,17,18)/b9-8+,11-10+. The topological polar surface area (TPSA) is 67.2 Å². The fraction of sp³-hybridized carbons (Fsp3) is 0.643. The summed E-state index contributed by atoms with van der Waals surface area (Å²) >= 11 is 0. The number of rotatable bonds is 10. The van der Waals surface area contributed by atoms with Crippen molar-refractivity contribution < 1.29 is 4.79 Å². The molecule has 0 saturated heterocycles. The molecule has 4 N–H and O–H groups in total. The summed E-state index contributed by atoms with van der Waals surface area (Å²) in [6.07, 6.45) is 15.8. The molecule has 104 valence electrons. The maximum Gasteiger partial charge on any atom is 0.316 e. The third-order valence-electron chi connectivity index (χ3n) is 2.50. The number of nitrogens with one attached hydrogen (secondary N) is 2. The fourth-order valence-electron chi connectivity index (χ4n) is 1.49. The second kappa shape index (κ2) is 13.8. The van der Waals surface area contributed by atoms with Crippen LogP contribution in [0.1, 0.15) is 45.4 Å². The predicted molar refractivity (Wildman–Crippen MR) is 77.2 cm³/mol. The molecule has 0 atom stereocenters. The number of allylic oxidation sites excluding steroid dienone is 3. The van der Waals surface area contributed by atoms with Crippen molar-refractivity contribution in [2.75, 3.05) is 13.2 Å². The van der Waals surface area contributed by atoms with Crippen LogP contribution in [0, 0.1) is 0 Å². The van der Waals surface area contributed by atoms with Gasteiger partial charge >= 0.3 is 6.03 Å². The van der Waals surface area contributed by atoms with E-state index < -0.39 is 0 Å². The van der Waals surface area contributed by atoms with Crippen LogP contribution in [0.15, 0.2) is 24.3 Å². The Kier molecular flexibility index (Phi) is 12.8. The quantitative estimate of drug-likeness (QED) is 0.318. The van der Waals surface area contributed by atoms with Gasteiger partial charge in [-0.25, -0.2) is 4.79 Å². The van der Waals surface area contributed by atoms with Crippen LogP contribution in [-0.2, 0) is 0 Å². The van der Waals surface area contributed by atoms with E-state index >= 15 is 0 Å². The molecule has 0 heterocycles. The molecule has 0 rings (SSSR count). The number of hydrogen-bond donors (Lipinski definition) is 3. The van der Waals surface area contributed by atoms with Gasteiger partial charge in [-0.2, -0.15) is 0 Å². The first kappa shape index (κ1) is 16.7. The van der Waals surface area contributed by atoms with E-state index in [0.29, 0.717) is 6.54 Å². The van der Waals surface area contributed by atoms with E-state index in [4.69, 9.17) is 5.73 Å². The molecule has 0 aromatic heterocycles. The van der Waals surface area contributed by atoms with Crippen molar-refractivity contribution in [2.24, 2.45) is 5.73 Å². The van der Waals surface area contributed by atoms with Crippen molar-refractivity contribution >= 4 is 6.03 Å². The number of unbranched alkanes of at least 4 members (excludes halogenated alkanes) is 5. The van der Waals surface area contributed by atoms with Crippen molar-refractivity contribution in [3.05, 3.63) is 24.3 Å². The summed E-state index contributed by atoms with van der Waals surface area (Å²) in [5, 5.41) is 5.11. The minimum absolute atomic E-state index is 0.160. The van der Waals surface area contributed by atoms with Gasteiger partial charge in [-0.1, -0.05) is 56.9 Å². The molecule has 0 bridgehead atoms. The summed E-state index contributed by atoms with van der Waals surface area (Å²) in [4.78, 5) is 10.9. The molecule has 0 aromatic rings. The smallest absolute Gasteiger partial charge is 0.316 e. The van der Waals surface area contributed by atoms with Crippen molar-refractivity contribution in [2.45, 2.75) is 45.4 Å². The molecule has 4 nitrogen and oxygen atoms in total. The summed E-state index contributed by atoms with van der Waals surface area (Å²) in [6, 6.07) is -0.234. The zero-order chi connectivity index (χ0) is 13.5. The SMILES string of the molecule is CCCCCCC/C=C/C=C/CNC(=O)NCN. The number of amides is 2. The van der Waals surface area contributed by atoms with E-state index in [2.05, 4.69) is 23.6 Å². The van der Waals surface area contributed by atoms with E-state index in [-0.39, 0.29) is 12.7 Å². The molecule has 0 spiro atoms. The van der Waals surface area contributed by atoms with Gasteiger partial charge < -0.3 is 16.4 Å². The van der Waals surface area contributed by atoms with E-state index in [1.807, 2.05) is 18.2 Å². The Bertz CT molecular complexity index is 249. The van der Waals surface area contributed by atoms with Crippen molar-refractivity contribution in [1.29, 1.82) is 0 Å². The first-order valence-corrected chi connectivity index (χ1v) is 6.84. The van der Waals surface area contributed by atoms with Gasteiger partial charge in [0.2, 0.25) is 0 Å². The number of carbonyl (C=O) groups is 1. The average Bonchev–Trinajstić information content (AvgIpc) is 2.36. The molecule has 4 heteroatoms. The van der Waals surface area contributed by atoms with Gasteiger partial charge in [0.15, 0.2) is 0 Å². The Hall–Kier alpha value is -1.29. The van der Waals surface area contributed by atoms with Crippen LogP contribution in [0.3, 0.4) is 0 Å². The minimum atomic E-state index is -0.234. The molecule has 0 aromatic carbocycles. The van der Waals surface area contributed by atoms with Gasteiger partial charge in [0.1, 0.15) is 0 Å². The van der Waals surface area contributed by atoms with Crippen LogP contribution in [0.2, 0.25) is 0 Å². The molecular weight excluding hydrogens is 226 g/mol. The summed E-state index contributed by atoms with van der Waals surface area (Å²) < 4.78 is 0. The number of hydrogen-bond acceptors (Lipinski definition) is 2. The van der Waals surface area contributed by atoms with Crippen molar-refractivity contribution in [1.82, 2.24) is 10.6 Å². The number of carbonyl (C=O) groups excluding carboxylic acids is 1. The molecular formula is C14H27N3O. The molecule has 0 aliphatic carbocycles. The first-order chi connectivity index (χ1) is 8.81. The van der Waals surface area contributed by atoms with Crippen LogP contribution in [0.25, 0.3) is 0 Å². The zero-order valence-electron chi connectivity index (χ0n) is 11.5. The Labute approximate surface area is 111 Å². The minimum Gasteiger partial charge on any atom is -0.335 e. The maximum absolute atomic E-state index is 10.9. The Morgan fingerprint density at radius 3 is 2.50 bits per heavy atom. The molecule has 2 amide bonds. The van der Waals surface area contributed by atoms with E-state index in [0.717, 1.165) is 6.42 Å². The van der Waals surface area contributed by atoms with Crippen LogP contribution in [0.5, 0.6) is 0 Å². The second-order valence-electron chi connectivity index (χ2n) is 4.15. The normalized spacial score (nSPS) is 11.2. The number of nitrogens with two attached hydrogens (primary N) is 1. The summed E-state index contributed by atoms with van der Waals surface area (Å²) in [7, 11) is 0. The molecule has 0 fully saturated rings. The first-order valence-electron chi connectivity index (χ1n) is 6.84. The Morgan fingerprint density at radius 1 is 1.06 bits per heavy atom. The lowest BCUT2D eigenvalue weighted by Crippen LogP contribution is -2.38. The Morgan fingerprint density at radius 2 is 1.78 bits per heavy atom. The number of urea groups is 1. The van der Waals surface area contributed by atoms with Crippen molar-refractivity contribution in [3.63, 3.8) is 0 Å². The van der Waals surface area contributed by atoms with Crippen LogP contribution >= 0.6 is 0 Å². The Balaban J connectivity index is 3.32. The van der Waals surface area contributed by atoms with Crippen molar-refractivity contribution in [3.8, 4) is 0 Å². The molecule has 0 aliphatic rings. The summed E-state index contributed by atoms with van der Waals surface area (Å²) in [6.45, 7) is 2.91. The third kappa shape index (κ3) is 12.8. The monoisotopic (exact) mass is 253 g/mol. The third-order valence-corrected chi connectivity index (χ3v) is 2.50. The summed E-state index contributed by atoms with van der Waals surface area (Å²) in [5.41, 5.74) is 5.16. The van der Waals surface area contributed by atoms with Gasteiger partial charge in [-0.15, -0.1) is 0 Å². The highest BCUT2D eigenvalue weighted by atomic mass is 16.2. The highest BCUT2D eigenvalue weighted by Gasteiger charge is 1.91. The van der Waals surface area contributed by atoms with Gasteiger partial charge in [0.25, 0.3) is 0 Å². The van der Waals surface area contributed by atoms with Crippen LogP contribution in [0.4, 0.5) is 4.79 Å². The second-order valence-corrected chi connectivity index (χ2v) is 4.15. The lowest BCUT2D eigenvalue weighted by Gasteiger charge is -2.01. The predicted octanol–water partition coefficient (Wildman–Crippen LogP) is 2.67. The van der Waals surface area contributed by atoms with Gasteiger partial charge in [0.05, 0.1) is 6.67 Å². The van der Waals surface area contributed by atoms with Crippen LogP contribution < -0.4 is 16.4 Å². The highest BCUT2D eigenvalue weighted by molar-refractivity contribution is 5.73. The molecule has 0 radical (unpaired) electrons. The average molecular weight is 253 g/mol. The zero-order valence-corrected chi connectivity index (χ0v) is 11.5. The molecule has 18 heavy (non-hydrogen) atoms. The molecule has 0 saturated carbocycles.